The molecule has 0 bridgehead atoms. The molecular formula is C46H56B28O. The predicted octanol–water partition coefficient (Wildman–Crippen LogP) is -35.6. The van der Waals surface area contributed by atoms with Crippen molar-refractivity contribution in [2.45, 2.75) is 0 Å². The normalized spacial score (nSPS) is 11.9. The first-order valence-electron chi connectivity index (χ1n) is 27.9. The summed E-state index contributed by atoms with van der Waals surface area (Å²) in [4.78, 5) is 0. The molecule has 29 heteroatoms. The molecule has 75 heavy (non-hydrogen) atoms. The van der Waals surface area contributed by atoms with E-state index in [-0.39, 0.29) is 0 Å². The Morgan fingerprint density at radius 1 is 0.120 bits per heavy atom. The molecule has 0 aliphatic heterocycles. The Labute approximate surface area is 472 Å². The van der Waals surface area contributed by atoms with Crippen LogP contribution in [0.4, 0.5) is 0 Å². The van der Waals surface area contributed by atoms with Gasteiger partial charge in [-0.2, -0.15) is 0 Å². The minimum Gasteiger partial charge on any atom is -0.457 e. The molecule has 330 valence electrons. The zero-order chi connectivity index (χ0) is 55.3. The first-order chi connectivity index (χ1) is 35.0. The van der Waals surface area contributed by atoms with E-state index in [1.807, 2.05) is 0 Å². The van der Waals surface area contributed by atoms with Crippen LogP contribution < -0.4 is 153 Å². The third-order valence-electron chi connectivity index (χ3n) is 21.8. The van der Waals surface area contributed by atoms with Crippen LogP contribution in [0.1, 0.15) is 0 Å². The summed E-state index contributed by atoms with van der Waals surface area (Å²) in [5.74, 6) is 0. The fourth-order valence-electron chi connectivity index (χ4n) is 15.0. The van der Waals surface area contributed by atoms with Gasteiger partial charge in [0.05, 0.1) is 0 Å². The van der Waals surface area contributed by atoms with Crippen molar-refractivity contribution in [1.29, 1.82) is 0 Å². The van der Waals surface area contributed by atoms with E-state index in [4.69, 9.17) is 4.42 Å². The number of furan rings is 1. The third kappa shape index (κ3) is 6.85. The van der Waals surface area contributed by atoms with Crippen LogP contribution in [0.25, 0.3) is 98.4 Å². The van der Waals surface area contributed by atoms with Crippen LogP contribution in [0.15, 0.2) is 4.42 Å². The second-order valence-electron chi connectivity index (χ2n) is 24.3. The van der Waals surface area contributed by atoms with Crippen LogP contribution in [0, 0.1) is 0 Å². The summed E-state index contributed by atoms with van der Waals surface area (Å²) in [6.07, 6.45) is 0. The van der Waals surface area contributed by atoms with Crippen LogP contribution in [-0.4, -0.2) is 220 Å². The van der Waals surface area contributed by atoms with Gasteiger partial charge in [-0.25, -0.2) is 0 Å². The van der Waals surface area contributed by atoms with Crippen LogP contribution >= 0.6 is 0 Å². The molecule has 0 unspecified atom stereocenters. The van der Waals surface area contributed by atoms with Crippen molar-refractivity contribution in [2.24, 2.45) is 0 Å². The highest BCUT2D eigenvalue weighted by molar-refractivity contribution is 6.78. The van der Waals surface area contributed by atoms with Crippen molar-refractivity contribution in [3.8, 4) is 33.4 Å². The Balaban J connectivity index is 1.49. The molecule has 0 aliphatic carbocycles. The van der Waals surface area contributed by atoms with Crippen LogP contribution in [-0.2, 0) is 0 Å². The quantitative estimate of drug-likeness (QED) is 0.0978. The highest BCUT2D eigenvalue weighted by Gasteiger charge is 2.32. The molecule has 0 amide bonds. The van der Waals surface area contributed by atoms with Gasteiger partial charge in [-0.15, -0.1) is 49.2 Å². The maximum Gasteiger partial charge on any atom is 0.143 e. The zero-order valence-electron chi connectivity index (χ0n) is 51.4. The Hall–Kier alpha value is -4.36. The fourth-order valence-corrected chi connectivity index (χ4v) is 15.0. The molecule has 0 N–H and O–H groups in total. The van der Waals surface area contributed by atoms with Crippen molar-refractivity contribution < 1.29 is 4.42 Å². The summed E-state index contributed by atoms with van der Waals surface area (Å²) >= 11 is 0. The zero-order valence-corrected chi connectivity index (χ0v) is 51.4. The largest absolute Gasteiger partial charge is 0.457 e. The highest BCUT2D eigenvalue weighted by Crippen LogP contribution is 2.43. The molecule has 0 saturated carbocycles. The van der Waals surface area contributed by atoms with Gasteiger partial charge in [0, 0.05) is 10.8 Å². The lowest BCUT2D eigenvalue weighted by atomic mass is 9.55. The molecule has 1 nitrogen and oxygen atoms in total. The van der Waals surface area contributed by atoms with Crippen molar-refractivity contribution in [2.75, 3.05) is 0 Å². The number of fused-ring (bicyclic) bond motifs is 8. The summed E-state index contributed by atoms with van der Waals surface area (Å²) in [5, 5.41) is 13.8. The SMILES string of the molecule is Bc1c(B)c(-c2c(B)c3c(B)c(B)c(B)c(B)c3c3c(B)c(B)c(B)c(B)c23)c(B)c(B)c1-c1c2c(B)c(B)c(B)c(B)c2c(-c2c(B)c(B)c(B)c3oc4c(B)c(B)c(B)c(B)c4c23)c2c(B)c(B)c(B)c(B)c12. The average Bonchev–Trinajstić information content (AvgIpc) is 3.84. The Kier molecular flexibility index (Phi) is 13.0. The van der Waals surface area contributed by atoms with Crippen molar-refractivity contribution in [3.05, 3.63) is 0 Å². The highest BCUT2D eigenvalue weighted by atomic mass is 16.3. The molecule has 1 aromatic heterocycles. The van der Waals surface area contributed by atoms with Gasteiger partial charge >= 0.3 is 0 Å². The number of hydrogen-bond acceptors (Lipinski definition) is 1. The molecule has 0 fully saturated rings. The fraction of sp³-hybridized carbons (Fsp3) is 0. The monoisotopic (exact) mass is 933 g/mol. The molecule has 0 radical (unpaired) electrons. The van der Waals surface area contributed by atoms with Gasteiger partial charge in [0.25, 0.3) is 0 Å². The molecule has 0 aliphatic rings. The second-order valence-corrected chi connectivity index (χ2v) is 24.3. The van der Waals surface area contributed by atoms with E-state index in [2.05, 4.69) is 220 Å². The van der Waals surface area contributed by atoms with E-state index in [1.165, 1.54) is 240 Å². The average molecular weight is 928 g/mol. The number of rotatable bonds is 3. The van der Waals surface area contributed by atoms with Gasteiger partial charge in [0.1, 0.15) is 231 Å². The lowest BCUT2D eigenvalue weighted by Crippen LogP contribution is -2.52. The van der Waals surface area contributed by atoms with E-state index < -0.39 is 0 Å². The second kappa shape index (κ2) is 18.1. The predicted molar refractivity (Wildman–Crippen MR) is 429 cm³/mol. The summed E-state index contributed by atoms with van der Waals surface area (Å²) in [7, 11) is 66.5. The topological polar surface area (TPSA) is 13.1 Å². The maximum absolute atomic E-state index is 7.25. The molecule has 9 aromatic carbocycles. The third-order valence-corrected chi connectivity index (χ3v) is 21.8. The summed E-state index contributed by atoms with van der Waals surface area (Å²) in [5.41, 5.74) is 48.6. The standard InChI is InChI=1S/C46H56B28O/c47-17-10(8-9(24(54)37(67)36(66)23(8)53)11-14(17)30(60)39(69)38(68)25(11)55)15-28(58)26(56)13(27(57)29(15)59)2-5-3(18(48)32(62)34(64)20(5)50)1(4-6(2)21(51)35(65)33(63)19(4)49)7-12-16-31(61)40(70)42(72)44(74)46(16)75-45(12)43(73)41(71)22(7)52/h47-74H2. The smallest absolute Gasteiger partial charge is 0.143 e. The van der Waals surface area contributed by atoms with Gasteiger partial charge in [0.2, 0.25) is 0 Å². The van der Waals surface area contributed by atoms with E-state index >= 15 is 0 Å². The van der Waals surface area contributed by atoms with Crippen molar-refractivity contribution >= 4 is 438 Å². The molecule has 10 aromatic rings. The summed E-state index contributed by atoms with van der Waals surface area (Å²) in [6, 6.07) is 0. The summed E-state index contributed by atoms with van der Waals surface area (Å²) in [6.45, 7) is 0. The van der Waals surface area contributed by atoms with Crippen molar-refractivity contribution in [1.82, 2.24) is 0 Å². The molecule has 0 saturated heterocycles. The van der Waals surface area contributed by atoms with E-state index in [0.29, 0.717) is 0 Å². The maximum atomic E-state index is 7.25. The van der Waals surface area contributed by atoms with Gasteiger partial charge in [-0.1, -0.05) is 104 Å². The first-order valence-corrected chi connectivity index (χ1v) is 27.9. The Morgan fingerprint density at radius 3 is 0.680 bits per heavy atom. The molecule has 0 atom stereocenters. The Bertz CT molecular complexity index is 4330. The van der Waals surface area contributed by atoms with Crippen LogP contribution in [0.5, 0.6) is 0 Å². The van der Waals surface area contributed by atoms with E-state index in [1.54, 1.807) is 0 Å². The molecular weight excluding hydrogens is 871 g/mol. The lowest BCUT2D eigenvalue weighted by Gasteiger charge is -2.32. The number of benzene rings is 9. The van der Waals surface area contributed by atoms with Crippen LogP contribution in [0.2, 0.25) is 0 Å². The van der Waals surface area contributed by atoms with E-state index in [9.17, 15) is 0 Å². The Morgan fingerprint density at radius 2 is 0.320 bits per heavy atom. The van der Waals surface area contributed by atoms with Gasteiger partial charge < -0.3 is 4.42 Å². The minimum atomic E-state index is 1.03. The molecule has 1 heterocycles. The molecule has 0 spiro atoms. The van der Waals surface area contributed by atoms with Gasteiger partial charge in [0.15, 0.2) is 0 Å². The molecule has 10 rings (SSSR count). The lowest BCUT2D eigenvalue weighted by molar-refractivity contribution is 0.675. The summed E-state index contributed by atoms with van der Waals surface area (Å²) < 4.78 is 7.25. The number of hydrogen-bond donors (Lipinski definition) is 0. The first kappa shape index (κ1) is 54.0. The van der Waals surface area contributed by atoms with Gasteiger partial charge in [-0.3, -0.25) is 0 Å². The van der Waals surface area contributed by atoms with E-state index in [0.717, 1.165) is 11.2 Å². The minimum absolute atomic E-state index is 1.03. The van der Waals surface area contributed by atoms with Gasteiger partial charge in [-0.05, 0) is 76.5 Å². The van der Waals surface area contributed by atoms with Crippen molar-refractivity contribution in [3.63, 3.8) is 0 Å². The van der Waals surface area contributed by atoms with Crippen LogP contribution in [0.3, 0.4) is 0 Å².